The zero-order chi connectivity index (χ0) is 28.3. The van der Waals surface area contributed by atoms with E-state index in [0.717, 1.165) is 23.7 Å². The van der Waals surface area contributed by atoms with Gasteiger partial charge in [0.05, 0.1) is 0 Å². The first kappa shape index (κ1) is 30.6. The fourth-order valence-electron chi connectivity index (χ4n) is 10.9. The van der Waals surface area contributed by atoms with E-state index in [-0.39, 0.29) is 5.41 Å². The van der Waals surface area contributed by atoms with Gasteiger partial charge in [0.1, 0.15) is 0 Å². The highest BCUT2D eigenvalue weighted by atomic mass is 28.4. The van der Waals surface area contributed by atoms with E-state index in [0.29, 0.717) is 39.5 Å². The van der Waals surface area contributed by atoms with Crippen LogP contribution in [0.25, 0.3) is 0 Å². The molecular formula is C36H64OSi. The maximum Gasteiger partial charge on any atom is 0.200 e. The largest absolute Gasteiger partial charge is 0.413 e. The van der Waals surface area contributed by atoms with Gasteiger partial charge in [-0.25, -0.2) is 0 Å². The number of allylic oxidation sites excluding steroid dienone is 3. The van der Waals surface area contributed by atoms with Crippen molar-refractivity contribution in [3.63, 3.8) is 0 Å². The Balaban J connectivity index is 1.52. The van der Waals surface area contributed by atoms with Crippen LogP contribution in [0.15, 0.2) is 23.8 Å². The zero-order valence-corrected chi connectivity index (χ0v) is 28.5. The number of hydrogen-bond acceptors (Lipinski definition) is 1. The van der Waals surface area contributed by atoms with Crippen LogP contribution in [0.1, 0.15) is 134 Å². The van der Waals surface area contributed by atoms with Gasteiger partial charge in [0.15, 0.2) is 0 Å². The summed E-state index contributed by atoms with van der Waals surface area (Å²) in [7, 11) is -1.83. The van der Waals surface area contributed by atoms with E-state index in [9.17, 15) is 0 Å². The van der Waals surface area contributed by atoms with Crippen molar-refractivity contribution in [2.45, 2.75) is 157 Å². The molecule has 3 saturated carbocycles. The molecule has 0 N–H and O–H groups in total. The molecule has 0 saturated heterocycles. The van der Waals surface area contributed by atoms with E-state index in [1.807, 2.05) is 0 Å². The molecule has 218 valence electrons. The molecule has 0 aromatic carbocycles. The summed E-state index contributed by atoms with van der Waals surface area (Å²) in [6.45, 7) is 29.6. The lowest BCUT2D eigenvalue weighted by molar-refractivity contribution is -0.0534. The molecule has 0 heterocycles. The van der Waals surface area contributed by atoms with E-state index in [4.69, 9.17) is 4.43 Å². The van der Waals surface area contributed by atoms with E-state index < -0.39 is 8.32 Å². The highest BCUT2D eigenvalue weighted by molar-refractivity contribution is 6.77. The minimum Gasteiger partial charge on any atom is -0.413 e. The summed E-state index contributed by atoms with van der Waals surface area (Å²) < 4.78 is 7.36. The van der Waals surface area contributed by atoms with E-state index in [1.165, 1.54) is 51.4 Å². The first-order chi connectivity index (χ1) is 17.6. The average Bonchev–Trinajstić information content (AvgIpc) is 3.17. The van der Waals surface area contributed by atoms with Crippen LogP contribution in [0.5, 0.6) is 0 Å². The molecule has 0 unspecified atom stereocenters. The molecule has 38 heavy (non-hydrogen) atoms. The molecule has 0 spiro atoms. The summed E-state index contributed by atoms with van der Waals surface area (Å²) in [4.78, 5) is 0. The minimum absolute atomic E-state index is 0.286. The third-order valence-electron chi connectivity index (χ3n) is 12.7. The Morgan fingerprint density at radius 1 is 0.868 bits per heavy atom. The Bertz CT molecular complexity index is 868. The molecule has 4 rings (SSSR count). The number of rotatable bonds is 7. The molecule has 3 fully saturated rings. The van der Waals surface area contributed by atoms with Crippen LogP contribution in [0.3, 0.4) is 0 Å². The van der Waals surface area contributed by atoms with Crippen LogP contribution < -0.4 is 0 Å². The van der Waals surface area contributed by atoms with E-state index in [1.54, 1.807) is 5.57 Å². The highest BCUT2D eigenvalue weighted by Gasteiger charge is 2.59. The summed E-state index contributed by atoms with van der Waals surface area (Å²) in [5.41, 5.74) is 5.04. The predicted molar refractivity (Wildman–Crippen MR) is 169 cm³/mol. The molecule has 0 bridgehead atoms. The first-order valence-corrected chi connectivity index (χ1v) is 18.8. The SMILES string of the molecule is CC(C)[Si](O[C@H]1CC[C@@]2(C)C(=CC[C@H]3[C@@H]4CC[C@H]([C@H](C)/C=C/C(C)(C)C)[C@@]4(C)CC[C@@H]32)C1)(C(C)C)C(C)C. The molecule has 0 radical (unpaired) electrons. The van der Waals surface area contributed by atoms with Crippen molar-refractivity contribution in [2.75, 3.05) is 0 Å². The average molecular weight is 541 g/mol. The molecule has 4 aliphatic rings. The maximum absolute atomic E-state index is 7.36. The summed E-state index contributed by atoms with van der Waals surface area (Å²) in [5.74, 6) is 4.27. The van der Waals surface area contributed by atoms with Gasteiger partial charge >= 0.3 is 0 Å². The number of hydrogen-bond donors (Lipinski definition) is 0. The molecule has 4 aliphatic carbocycles. The zero-order valence-electron chi connectivity index (χ0n) is 27.5. The third kappa shape index (κ3) is 5.21. The Hall–Kier alpha value is -0.343. The maximum atomic E-state index is 7.36. The lowest BCUT2D eigenvalue weighted by Crippen LogP contribution is -2.53. The van der Waals surface area contributed by atoms with E-state index in [2.05, 4.69) is 101 Å². The highest BCUT2D eigenvalue weighted by Crippen LogP contribution is 2.67. The second kappa shape index (κ2) is 10.8. The summed E-state index contributed by atoms with van der Waals surface area (Å²) in [5, 5.41) is 0. The molecule has 0 aromatic rings. The third-order valence-corrected chi connectivity index (χ3v) is 18.9. The van der Waals surface area contributed by atoms with Gasteiger partial charge in [0.25, 0.3) is 0 Å². The van der Waals surface area contributed by atoms with Crippen molar-refractivity contribution in [3.8, 4) is 0 Å². The van der Waals surface area contributed by atoms with Gasteiger partial charge in [0, 0.05) is 6.10 Å². The second-order valence-corrected chi connectivity index (χ2v) is 22.3. The first-order valence-electron chi connectivity index (χ1n) is 16.6. The van der Waals surface area contributed by atoms with Crippen LogP contribution >= 0.6 is 0 Å². The van der Waals surface area contributed by atoms with Gasteiger partial charge < -0.3 is 4.43 Å². The Morgan fingerprint density at radius 3 is 2.08 bits per heavy atom. The monoisotopic (exact) mass is 540 g/mol. The van der Waals surface area contributed by atoms with Gasteiger partial charge in [0.2, 0.25) is 8.32 Å². The quantitative estimate of drug-likeness (QED) is 0.230. The van der Waals surface area contributed by atoms with Crippen LogP contribution in [0.4, 0.5) is 0 Å². The van der Waals surface area contributed by atoms with Gasteiger partial charge in [-0.2, -0.15) is 0 Å². The van der Waals surface area contributed by atoms with Crippen LogP contribution in [0, 0.1) is 45.8 Å². The van der Waals surface area contributed by atoms with Crippen molar-refractivity contribution in [3.05, 3.63) is 23.8 Å². The molecule has 0 amide bonds. The van der Waals surface area contributed by atoms with Crippen LogP contribution in [0.2, 0.25) is 16.6 Å². The van der Waals surface area contributed by atoms with Crippen molar-refractivity contribution >= 4 is 8.32 Å². The molecule has 2 heteroatoms. The predicted octanol–water partition coefficient (Wildman–Crippen LogP) is 11.4. The van der Waals surface area contributed by atoms with Crippen molar-refractivity contribution in [1.29, 1.82) is 0 Å². The van der Waals surface area contributed by atoms with Crippen molar-refractivity contribution < 1.29 is 4.43 Å². The molecule has 1 nitrogen and oxygen atoms in total. The molecule has 8 atom stereocenters. The van der Waals surface area contributed by atoms with Crippen LogP contribution in [-0.4, -0.2) is 14.4 Å². The Kier molecular flexibility index (Phi) is 8.71. The Labute approximate surface area is 239 Å². The topological polar surface area (TPSA) is 9.23 Å². The summed E-state index contributed by atoms with van der Waals surface area (Å²) in [6, 6.07) is 0. The lowest BCUT2D eigenvalue weighted by atomic mass is 9.47. The standard InChI is InChI=1S/C36H64OSi/c1-24(2)38(25(3)4,26(5)6)37-29-18-21-35(11)28(23-29)13-14-30-32-16-15-31(27(7)17-20-34(8,9)10)36(32,12)22-19-33(30)35/h13,17,20,24-27,29-33H,14-16,18-19,21-23H2,1-12H3/b20-17+/t27-,29+,30+,31-,32+,33+,35+,36-/m1/s1. The normalized spacial score (nSPS) is 38.9. The smallest absolute Gasteiger partial charge is 0.200 e. The lowest BCUT2D eigenvalue weighted by Gasteiger charge is -2.59. The summed E-state index contributed by atoms with van der Waals surface area (Å²) in [6.07, 6.45) is 19.2. The fraction of sp³-hybridized carbons (Fsp3) is 0.889. The second-order valence-electron chi connectivity index (χ2n) is 16.9. The van der Waals surface area contributed by atoms with Crippen LogP contribution in [-0.2, 0) is 4.43 Å². The fourth-order valence-corrected chi connectivity index (χ4v) is 16.5. The van der Waals surface area contributed by atoms with Crippen molar-refractivity contribution in [1.82, 2.24) is 0 Å². The Morgan fingerprint density at radius 2 is 1.50 bits per heavy atom. The minimum atomic E-state index is -1.83. The van der Waals surface area contributed by atoms with Crippen molar-refractivity contribution in [2.24, 2.45) is 45.8 Å². The van der Waals surface area contributed by atoms with E-state index >= 15 is 0 Å². The molecular weight excluding hydrogens is 476 g/mol. The van der Waals surface area contributed by atoms with Gasteiger partial charge in [-0.1, -0.05) is 107 Å². The van der Waals surface area contributed by atoms with Gasteiger partial charge in [-0.15, -0.1) is 0 Å². The van der Waals surface area contributed by atoms with Gasteiger partial charge in [-0.05, 0) is 114 Å². The number of fused-ring (bicyclic) bond motifs is 5. The summed E-state index contributed by atoms with van der Waals surface area (Å²) >= 11 is 0. The molecule has 0 aromatic heterocycles. The van der Waals surface area contributed by atoms with Gasteiger partial charge in [-0.3, -0.25) is 0 Å². The molecule has 0 aliphatic heterocycles.